The quantitative estimate of drug-likeness (QED) is 0.565. The van der Waals surface area contributed by atoms with Crippen LogP contribution >= 0.6 is 0 Å². The van der Waals surface area contributed by atoms with Crippen molar-refractivity contribution in [3.63, 3.8) is 0 Å². The molecule has 2 N–H and O–H groups in total. The number of methoxy groups -OCH3 is 1. The Morgan fingerprint density at radius 3 is 2.45 bits per heavy atom. The first-order valence-electron chi connectivity index (χ1n) is 9.85. The number of carbonyl (C=O) groups excluding carboxylic acids is 2. The van der Waals surface area contributed by atoms with E-state index in [4.69, 9.17) is 9.47 Å². The molecule has 1 aromatic heterocycles. The van der Waals surface area contributed by atoms with E-state index in [9.17, 15) is 9.59 Å². The summed E-state index contributed by atoms with van der Waals surface area (Å²) in [6.07, 6.45) is 1.62. The summed E-state index contributed by atoms with van der Waals surface area (Å²) in [5.74, 6) is 1.11. The molecule has 3 aromatic rings. The summed E-state index contributed by atoms with van der Waals surface area (Å²) in [5.41, 5.74) is 2.45. The number of carbonyl (C=O) groups is 2. The van der Waals surface area contributed by atoms with Gasteiger partial charge in [0.1, 0.15) is 0 Å². The third-order valence-corrected chi connectivity index (χ3v) is 4.52. The van der Waals surface area contributed by atoms with Crippen LogP contribution < -0.4 is 20.1 Å². The van der Waals surface area contributed by atoms with Crippen molar-refractivity contribution in [2.75, 3.05) is 12.4 Å². The van der Waals surface area contributed by atoms with Gasteiger partial charge in [0.2, 0.25) is 17.7 Å². The minimum absolute atomic E-state index is 0.0996. The number of anilines is 1. The van der Waals surface area contributed by atoms with Gasteiger partial charge in [0, 0.05) is 13.0 Å². The molecule has 1 heterocycles. The predicted molar refractivity (Wildman–Crippen MR) is 118 cm³/mol. The van der Waals surface area contributed by atoms with E-state index in [1.54, 1.807) is 19.2 Å². The van der Waals surface area contributed by atoms with E-state index in [1.807, 2.05) is 55.5 Å². The van der Waals surface area contributed by atoms with Crippen molar-refractivity contribution in [2.45, 2.75) is 26.3 Å². The summed E-state index contributed by atoms with van der Waals surface area (Å²) in [7, 11) is 1.58. The molecule has 0 saturated carbocycles. The summed E-state index contributed by atoms with van der Waals surface area (Å²) >= 11 is 0. The molecule has 0 spiro atoms. The van der Waals surface area contributed by atoms with Crippen LogP contribution in [0.3, 0.4) is 0 Å². The van der Waals surface area contributed by atoms with Crippen molar-refractivity contribution in [1.82, 2.24) is 10.3 Å². The fourth-order valence-electron chi connectivity index (χ4n) is 3.07. The molecule has 7 nitrogen and oxygen atoms in total. The minimum atomic E-state index is -0.414. The summed E-state index contributed by atoms with van der Waals surface area (Å²) in [6, 6.07) is 17.9. The monoisotopic (exact) mass is 419 g/mol. The van der Waals surface area contributed by atoms with Crippen molar-refractivity contribution >= 4 is 17.5 Å². The third kappa shape index (κ3) is 6.30. The summed E-state index contributed by atoms with van der Waals surface area (Å²) in [6.45, 7) is 3.40. The van der Waals surface area contributed by atoms with Gasteiger partial charge in [0.15, 0.2) is 11.5 Å². The van der Waals surface area contributed by atoms with Gasteiger partial charge in [-0.1, -0.05) is 36.4 Å². The molecule has 2 aromatic carbocycles. The number of nitrogens with zero attached hydrogens (tertiary/aromatic N) is 1. The number of benzene rings is 2. The lowest BCUT2D eigenvalue weighted by Gasteiger charge is -2.18. The number of aryl methyl sites for hydroxylation is 1. The Bertz CT molecular complexity index is 1040. The highest BCUT2D eigenvalue weighted by Gasteiger charge is 2.17. The molecule has 0 aliphatic carbocycles. The van der Waals surface area contributed by atoms with E-state index in [2.05, 4.69) is 15.6 Å². The molecule has 1 unspecified atom stereocenters. The molecule has 0 bridgehead atoms. The smallest absolute Gasteiger partial charge is 0.226 e. The molecule has 0 saturated heterocycles. The standard InChI is InChI=1S/C24H25N3O4/c1-16-9-11-21(22(13-16)30-3)31-24-12-10-19(15-25-24)27-23(29)14-20(26-17(2)28)18-7-5-4-6-8-18/h4-13,15,20H,14H2,1-3H3,(H,26,28)(H,27,29). The molecule has 0 aliphatic rings. The highest BCUT2D eigenvalue weighted by atomic mass is 16.5. The average molecular weight is 419 g/mol. The first-order chi connectivity index (χ1) is 14.9. The van der Waals surface area contributed by atoms with Gasteiger partial charge in [0.05, 0.1) is 31.5 Å². The van der Waals surface area contributed by atoms with Crippen molar-refractivity contribution in [2.24, 2.45) is 0 Å². The predicted octanol–water partition coefficient (Wildman–Crippen LogP) is 4.40. The molecule has 0 fully saturated rings. The van der Waals surface area contributed by atoms with Crippen LogP contribution in [0, 0.1) is 6.92 Å². The van der Waals surface area contributed by atoms with Gasteiger partial charge in [-0.05, 0) is 36.2 Å². The fourth-order valence-corrected chi connectivity index (χ4v) is 3.07. The highest BCUT2D eigenvalue weighted by Crippen LogP contribution is 2.31. The minimum Gasteiger partial charge on any atom is -0.493 e. The zero-order chi connectivity index (χ0) is 22.2. The van der Waals surface area contributed by atoms with Crippen LogP contribution in [0.25, 0.3) is 0 Å². The Morgan fingerprint density at radius 1 is 1.03 bits per heavy atom. The second kappa shape index (κ2) is 10.2. The van der Waals surface area contributed by atoms with Gasteiger partial charge in [-0.25, -0.2) is 4.98 Å². The zero-order valence-electron chi connectivity index (χ0n) is 17.7. The Labute approximate surface area is 181 Å². The first-order valence-corrected chi connectivity index (χ1v) is 9.85. The summed E-state index contributed by atoms with van der Waals surface area (Å²) < 4.78 is 11.1. The van der Waals surface area contributed by atoms with Crippen LogP contribution in [0.4, 0.5) is 5.69 Å². The number of pyridine rings is 1. The second-order valence-corrected chi connectivity index (χ2v) is 7.06. The Balaban J connectivity index is 1.63. The molecule has 0 radical (unpaired) electrons. The van der Waals surface area contributed by atoms with E-state index in [0.717, 1.165) is 11.1 Å². The molecule has 7 heteroatoms. The lowest BCUT2D eigenvalue weighted by Crippen LogP contribution is -2.29. The number of ether oxygens (including phenoxy) is 2. The van der Waals surface area contributed by atoms with E-state index in [-0.39, 0.29) is 18.2 Å². The maximum Gasteiger partial charge on any atom is 0.226 e. The van der Waals surface area contributed by atoms with Gasteiger partial charge < -0.3 is 20.1 Å². The Hall–Kier alpha value is -3.87. The lowest BCUT2D eigenvalue weighted by molar-refractivity contribution is -0.120. The van der Waals surface area contributed by atoms with Gasteiger partial charge >= 0.3 is 0 Å². The molecule has 3 rings (SSSR count). The van der Waals surface area contributed by atoms with E-state index in [0.29, 0.717) is 23.1 Å². The molecule has 2 amide bonds. The number of nitrogens with one attached hydrogen (secondary N) is 2. The second-order valence-electron chi connectivity index (χ2n) is 7.06. The largest absolute Gasteiger partial charge is 0.493 e. The number of aromatic nitrogens is 1. The van der Waals surface area contributed by atoms with E-state index in [1.165, 1.54) is 13.1 Å². The normalized spacial score (nSPS) is 11.3. The van der Waals surface area contributed by atoms with E-state index < -0.39 is 6.04 Å². The Kier molecular flexibility index (Phi) is 7.22. The third-order valence-electron chi connectivity index (χ3n) is 4.52. The average Bonchev–Trinajstić information content (AvgIpc) is 2.76. The van der Waals surface area contributed by atoms with Crippen LogP contribution in [-0.4, -0.2) is 23.9 Å². The van der Waals surface area contributed by atoms with Crippen LogP contribution in [0.1, 0.15) is 30.5 Å². The van der Waals surface area contributed by atoms with Crippen molar-refractivity contribution in [3.05, 3.63) is 78.0 Å². The maximum atomic E-state index is 12.5. The van der Waals surface area contributed by atoms with Crippen molar-refractivity contribution < 1.29 is 19.1 Å². The zero-order valence-corrected chi connectivity index (χ0v) is 17.7. The van der Waals surface area contributed by atoms with E-state index >= 15 is 0 Å². The number of amides is 2. The van der Waals surface area contributed by atoms with Crippen molar-refractivity contribution in [1.29, 1.82) is 0 Å². The SMILES string of the molecule is COc1cc(C)ccc1Oc1ccc(NC(=O)CC(NC(C)=O)c2ccccc2)cn1. The highest BCUT2D eigenvalue weighted by molar-refractivity contribution is 5.91. The number of rotatable bonds is 8. The van der Waals surface area contributed by atoms with Crippen LogP contribution in [-0.2, 0) is 9.59 Å². The van der Waals surface area contributed by atoms with Crippen LogP contribution in [0.2, 0.25) is 0 Å². The molecular formula is C24H25N3O4. The van der Waals surface area contributed by atoms with Gasteiger partial charge in [-0.2, -0.15) is 0 Å². The number of hydrogen-bond donors (Lipinski definition) is 2. The molecule has 1 atom stereocenters. The van der Waals surface area contributed by atoms with Gasteiger partial charge in [-0.3, -0.25) is 9.59 Å². The van der Waals surface area contributed by atoms with Gasteiger partial charge in [-0.15, -0.1) is 0 Å². The van der Waals surface area contributed by atoms with Crippen LogP contribution in [0.5, 0.6) is 17.4 Å². The van der Waals surface area contributed by atoms with Gasteiger partial charge in [0.25, 0.3) is 0 Å². The number of hydrogen-bond acceptors (Lipinski definition) is 5. The molecule has 31 heavy (non-hydrogen) atoms. The topological polar surface area (TPSA) is 89.5 Å². The molecular weight excluding hydrogens is 394 g/mol. The molecule has 160 valence electrons. The van der Waals surface area contributed by atoms with Crippen LogP contribution in [0.15, 0.2) is 66.9 Å². The Morgan fingerprint density at radius 2 is 1.81 bits per heavy atom. The summed E-state index contributed by atoms with van der Waals surface area (Å²) in [5, 5.41) is 5.62. The first kappa shape index (κ1) is 21.8. The molecule has 0 aliphatic heterocycles. The maximum absolute atomic E-state index is 12.5. The van der Waals surface area contributed by atoms with Crippen molar-refractivity contribution in [3.8, 4) is 17.4 Å². The summed E-state index contributed by atoms with van der Waals surface area (Å²) in [4.78, 5) is 28.3. The lowest BCUT2D eigenvalue weighted by atomic mass is 10.0. The fraction of sp³-hybridized carbons (Fsp3) is 0.208.